The van der Waals surface area contributed by atoms with Gasteiger partial charge >= 0.3 is 0 Å². The molecule has 2 N–H and O–H groups in total. The van der Waals surface area contributed by atoms with E-state index in [2.05, 4.69) is 23.0 Å². The van der Waals surface area contributed by atoms with Crippen LogP contribution in [0.5, 0.6) is 5.75 Å². The second-order valence-electron chi connectivity index (χ2n) is 5.18. The zero-order valence-electron chi connectivity index (χ0n) is 11.5. The molecule has 0 bridgehead atoms. The number of pyridine rings is 1. The van der Waals surface area contributed by atoms with Crippen LogP contribution in [0.1, 0.15) is 31.4 Å². The first-order valence-electron chi connectivity index (χ1n) is 6.61. The van der Waals surface area contributed by atoms with E-state index in [1.807, 2.05) is 6.92 Å². The summed E-state index contributed by atoms with van der Waals surface area (Å²) in [4.78, 5) is 6.60. The second kappa shape index (κ2) is 5.57. The standard InChI is InChI=1S/C14H23N3O/c1-10-8-13(14(18-3)9-16-10)17(2)12-6-4-11(15)5-7-12/h8-9,11-12H,4-7,15H2,1-3H3. The Balaban J connectivity index is 2.17. The first kappa shape index (κ1) is 13.1. The number of hydrogen-bond acceptors (Lipinski definition) is 4. The van der Waals surface area contributed by atoms with Crippen molar-refractivity contribution in [3.63, 3.8) is 0 Å². The molecule has 1 heterocycles. The van der Waals surface area contributed by atoms with Gasteiger partial charge in [0.15, 0.2) is 5.75 Å². The lowest BCUT2D eigenvalue weighted by Crippen LogP contribution is -2.38. The largest absolute Gasteiger partial charge is 0.493 e. The van der Waals surface area contributed by atoms with Crippen LogP contribution in [-0.2, 0) is 0 Å². The normalized spacial score (nSPS) is 23.8. The van der Waals surface area contributed by atoms with Gasteiger partial charge in [-0.1, -0.05) is 0 Å². The monoisotopic (exact) mass is 249 g/mol. The highest BCUT2D eigenvalue weighted by molar-refractivity contribution is 5.58. The molecule has 0 spiro atoms. The molecule has 0 unspecified atom stereocenters. The van der Waals surface area contributed by atoms with E-state index in [1.165, 1.54) is 0 Å². The van der Waals surface area contributed by atoms with Crippen LogP contribution in [0.25, 0.3) is 0 Å². The summed E-state index contributed by atoms with van der Waals surface area (Å²) < 4.78 is 5.40. The molecule has 0 atom stereocenters. The number of hydrogen-bond donors (Lipinski definition) is 1. The van der Waals surface area contributed by atoms with Crippen molar-refractivity contribution < 1.29 is 4.74 Å². The van der Waals surface area contributed by atoms with Gasteiger partial charge in [0.1, 0.15) is 0 Å². The molecule has 0 aliphatic heterocycles. The van der Waals surface area contributed by atoms with Crippen LogP contribution in [0, 0.1) is 6.92 Å². The molecule has 100 valence electrons. The number of aromatic nitrogens is 1. The maximum atomic E-state index is 5.96. The average molecular weight is 249 g/mol. The van der Waals surface area contributed by atoms with Gasteiger partial charge in [0.25, 0.3) is 0 Å². The maximum absolute atomic E-state index is 5.96. The van der Waals surface area contributed by atoms with Gasteiger partial charge in [-0.2, -0.15) is 0 Å². The molecule has 1 aromatic heterocycles. The Morgan fingerprint density at radius 2 is 2.00 bits per heavy atom. The van der Waals surface area contributed by atoms with Gasteiger partial charge in [-0.15, -0.1) is 0 Å². The highest BCUT2D eigenvalue weighted by atomic mass is 16.5. The molecule has 1 aromatic rings. The van der Waals surface area contributed by atoms with E-state index in [-0.39, 0.29) is 0 Å². The predicted molar refractivity (Wildman–Crippen MR) is 74.2 cm³/mol. The highest BCUT2D eigenvalue weighted by Gasteiger charge is 2.23. The van der Waals surface area contributed by atoms with Gasteiger partial charge in [-0.05, 0) is 38.7 Å². The van der Waals surface area contributed by atoms with Crippen molar-refractivity contribution >= 4 is 5.69 Å². The number of methoxy groups -OCH3 is 1. The molecular weight excluding hydrogens is 226 g/mol. The third kappa shape index (κ3) is 2.75. The minimum atomic E-state index is 0.385. The van der Waals surface area contributed by atoms with E-state index >= 15 is 0 Å². The molecule has 4 heteroatoms. The smallest absolute Gasteiger partial charge is 0.160 e. The zero-order valence-corrected chi connectivity index (χ0v) is 11.5. The molecular formula is C14H23N3O. The number of ether oxygens (including phenoxy) is 1. The number of nitrogens with two attached hydrogens (primary N) is 1. The van der Waals surface area contributed by atoms with E-state index < -0.39 is 0 Å². The predicted octanol–water partition coefficient (Wildman–Crippen LogP) is 2.10. The van der Waals surface area contributed by atoms with E-state index in [0.29, 0.717) is 12.1 Å². The van der Waals surface area contributed by atoms with Crippen molar-refractivity contribution in [3.05, 3.63) is 18.0 Å². The fourth-order valence-electron chi connectivity index (χ4n) is 2.65. The number of nitrogens with zero attached hydrogens (tertiary/aromatic N) is 2. The lowest BCUT2D eigenvalue weighted by molar-refractivity contribution is 0.377. The van der Waals surface area contributed by atoms with E-state index in [1.54, 1.807) is 13.3 Å². The van der Waals surface area contributed by atoms with Crippen LogP contribution < -0.4 is 15.4 Å². The third-order valence-electron chi connectivity index (χ3n) is 3.87. The summed E-state index contributed by atoms with van der Waals surface area (Å²) >= 11 is 0. The fourth-order valence-corrected chi connectivity index (χ4v) is 2.65. The molecule has 1 fully saturated rings. The molecule has 0 amide bonds. The summed E-state index contributed by atoms with van der Waals surface area (Å²) in [6.45, 7) is 2.01. The summed E-state index contributed by atoms with van der Waals surface area (Å²) in [7, 11) is 3.83. The van der Waals surface area contributed by atoms with Crippen LogP contribution in [0.15, 0.2) is 12.3 Å². The van der Waals surface area contributed by atoms with Crippen molar-refractivity contribution in [1.82, 2.24) is 4.98 Å². The number of anilines is 1. The van der Waals surface area contributed by atoms with E-state index in [0.717, 1.165) is 42.8 Å². The molecule has 0 aromatic carbocycles. The van der Waals surface area contributed by atoms with Crippen molar-refractivity contribution in [2.45, 2.75) is 44.7 Å². The topological polar surface area (TPSA) is 51.4 Å². The number of rotatable bonds is 3. The first-order valence-corrected chi connectivity index (χ1v) is 6.61. The Kier molecular flexibility index (Phi) is 4.07. The summed E-state index contributed by atoms with van der Waals surface area (Å²) in [6.07, 6.45) is 6.34. The maximum Gasteiger partial charge on any atom is 0.160 e. The van der Waals surface area contributed by atoms with Crippen molar-refractivity contribution in [2.24, 2.45) is 5.73 Å². The minimum Gasteiger partial charge on any atom is -0.493 e. The second-order valence-corrected chi connectivity index (χ2v) is 5.18. The third-order valence-corrected chi connectivity index (χ3v) is 3.87. The number of aryl methyl sites for hydroxylation is 1. The minimum absolute atomic E-state index is 0.385. The van der Waals surface area contributed by atoms with Gasteiger partial charge in [-0.3, -0.25) is 4.98 Å². The fraction of sp³-hybridized carbons (Fsp3) is 0.643. The Bertz CT molecular complexity index is 400. The molecule has 0 radical (unpaired) electrons. The average Bonchev–Trinajstić information content (AvgIpc) is 2.39. The van der Waals surface area contributed by atoms with Crippen LogP contribution >= 0.6 is 0 Å². The molecule has 0 saturated heterocycles. The van der Waals surface area contributed by atoms with Crippen LogP contribution in [-0.4, -0.2) is 31.2 Å². The van der Waals surface area contributed by atoms with Crippen molar-refractivity contribution in [3.8, 4) is 5.75 Å². The quantitative estimate of drug-likeness (QED) is 0.891. The van der Waals surface area contributed by atoms with E-state index in [9.17, 15) is 0 Å². The Morgan fingerprint density at radius 3 is 2.61 bits per heavy atom. The Morgan fingerprint density at radius 1 is 1.33 bits per heavy atom. The summed E-state index contributed by atoms with van der Waals surface area (Å²) in [5.74, 6) is 0.845. The van der Waals surface area contributed by atoms with E-state index in [4.69, 9.17) is 10.5 Å². The molecule has 1 saturated carbocycles. The van der Waals surface area contributed by atoms with Gasteiger partial charge < -0.3 is 15.4 Å². The Hall–Kier alpha value is -1.29. The SMILES string of the molecule is COc1cnc(C)cc1N(C)C1CCC(N)CC1. The van der Waals surface area contributed by atoms with Gasteiger partial charge in [0, 0.05) is 24.8 Å². The summed E-state index contributed by atoms with van der Waals surface area (Å²) in [5, 5.41) is 0. The first-order chi connectivity index (χ1) is 8.61. The van der Waals surface area contributed by atoms with Crippen molar-refractivity contribution in [2.75, 3.05) is 19.1 Å². The van der Waals surface area contributed by atoms with Gasteiger partial charge in [0.2, 0.25) is 0 Å². The molecule has 1 aliphatic rings. The molecule has 4 nitrogen and oxygen atoms in total. The summed E-state index contributed by atoms with van der Waals surface area (Å²) in [6, 6.07) is 3.03. The molecule has 2 rings (SSSR count). The zero-order chi connectivity index (χ0) is 13.1. The lowest BCUT2D eigenvalue weighted by Gasteiger charge is -2.35. The van der Waals surface area contributed by atoms with Gasteiger partial charge in [0.05, 0.1) is 19.0 Å². The van der Waals surface area contributed by atoms with Gasteiger partial charge in [-0.25, -0.2) is 0 Å². The molecule has 18 heavy (non-hydrogen) atoms. The Labute approximate surface area is 109 Å². The summed E-state index contributed by atoms with van der Waals surface area (Å²) in [5.41, 5.74) is 8.11. The molecule has 1 aliphatic carbocycles. The van der Waals surface area contributed by atoms with Crippen LogP contribution in [0.2, 0.25) is 0 Å². The van der Waals surface area contributed by atoms with Crippen LogP contribution in [0.4, 0.5) is 5.69 Å². The highest BCUT2D eigenvalue weighted by Crippen LogP contribution is 2.32. The van der Waals surface area contributed by atoms with Crippen molar-refractivity contribution in [1.29, 1.82) is 0 Å². The van der Waals surface area contributed by atoms with Crippen LogP contribution in [0.3, 0.4) is 0 Å². The lowest BCUT2D eigenvalue weighted by atomic mass is 9.91.